The molecule has 0 amide bonds. The van der Waals surface area contributed by atoms with Gasteiger partial charge in [-0.25, -0.2) is 4.39 Å². The zero-order valence-corrected chi connectivity index (χ0v) is 10.1. The van der Waals surface area contributed by atoms with E-state index >= 15 is 0 Å². The van der Waals surface area contributed by atoms with E-state index in [1.54, 1.807) is 6.92 Å². The molecule has 0 N–H and O–H groups in total. The van der Waals surface area contributed by atoms with Crippen LogP contribution >= 0.6 is 0 Å². The van der Waals surface area contributed by atoms with E-state index in [4.69, 9.17) is 0 Å². The first-order valence-corrected chi connectivity index (χ1v) is 6.52. The fourth-order valence-corrected chi connectivity index (χ4v) is 2.19. The highest BCUT2D eigenvalue weighted by atomic mass is 32.2. The average Bonchev–Trinajstić information content (AvgIpc) is 2.18. The summed E-state index contributed by atoms with van der Waals surface area (Å²) in [5.74, 6) is -2.37. The van der Waals surface area contributed by atoms with Gasteiger partial charge in [-0.1, -0.05) is 6.92 Å². The second kappa shape index (κ2) is 5.13. The number of halogens is 4. The van der Waals surface area contributed by atoms with Crippen molar-refractivity contribution in [2.24, 2.45) is 0 Å². The summed E-state index contributed by atoms with van der Waals surface area (Å²) in [6.07, 6.45) is -4.65. The predicted octanol–water partition coefficient (Wildman–Crippen LogP) is 2.96. The Morgan fingerprint density at radius 3 is 2.39 bits per heavy atom. The number of benzene rings is 1. The molecule has 0 aliphatic carbocycles. The lowest BCUT2D eigenvalue weighted by Crippen LogP contribution is -2.14. The van der Waals surface area contributed by atoms with Gasteiger partial charge >= 0.3 is 16.3 Å². The van der Waals surface area contributed by atoms with Crippen molar-refractivity contribution < 1.29 is 30.2 Å². The Balaban J connectivity index is 3.07. The van der Waals surface area contributed by atoms with E-state index in [2.05, 4.69) is 4.18 Å². The Bertz CT molecular complexity index is 522. The molecule has 0 saturated carbocycles. The first kappa shape index (κ1) is 14.7. The van der Waals surface area contributed by atoms with E-state index in [0.717, 1.165) is 6.07 Å². The highest BCUT2D eigenvalue weighted by molar-refractivity contribution is 7.87. The molecule has 1 aromatic rings. The second-order valence-corrected chi connectivity index (χ2v) is 5.17. The number of hydrogen-bond acceptors (Lipinski definition) is 3. The molecule has 0 fully saturated rings. The van der Waals surface area contributed by atoms with Gasteiger partial charge in [0.2, 0.25) is 0 Å². The van der Waals surface area contributed by atoms with Gasteiger partial charge in [0.25, 0.3) is 0 Å². The molecule has 0 heterocycles. The molecule has 18 heavy (non-hydrogen) atoms. The highest BCUT2D eigenvalue weighted by Crippen LogP contribution is 2.33. The molecule has 0 aliphatic rings. The molecule has 0 unspecified atom stereocenters. The van der Waals surface area contributed by atoms with Crippen LogP contribution in [0.2, 0.25) is 0 Å². The molecule has 0 saturated heterocycles. The van der Waals surface area contributed by atoms with Crippen LogP contribution in [0.5, 0.6) is 5.75 Å². The van der Waals surface area contributed by atoms with E-state index < -0.39 is 33.4 Å². The molecule has 0 aliphatic heterocycles. The molecular weight excluding hydrogens is 276 g/mol. The molecule has 1 aromatic carbocycles. The summed E-state index contributed by atoms with van der Waals surface area (Å²) in [6.45, 7) is 1.58. The quantitative estimate of drug-likeness (QED) is 0.631. The first-order valence-electron chi connectivity index (χ1n) is 4.94. The van der Waals surface area contributed by atoms with Crippen molar-refractivity contribution in [3.63, 3.8) is 0 Å². The Kier molecular flexibility index (Phi) is 4.20. The number of hydrogen-bond donors (Lipinski definition) is 0. The van der Waals surface area contributed by atoms with E-state index in [1.165, 1.54) is 0 Å². The summed E-state index contributed by atoms with van der Waals surface area (Å²) in [6, 6.07) is 1.67. The van der Waals surface area contributed by atoms with Crippen molar-refractivity contribution in [2.75, 3.05) is 5.75 Å². The maximum absolute atomic E-state index is 12.9. The lowest BCUT2D eigenvalue weighted by atomic mass is 10.2. The van der Waals surface area contributed by atoms with Gasteiger partial charge in [-0.3, -0.25) is 0 Å². The van der Waals surface area contributed by atoms with Gasteiger partial charge in [0.05, 0.1) is 11.3 Å². The minimum atomic E-state index is -4.90. The number of alkyl halides is 3. The topological polar surface area (TPSA) is 43.4 Å². The zero-order valence-electron chi connectivity index (χ0n) is 9.29. The molecule has 0 atom stereocenters. The molecule has 8 heteroatoms. The van der Waals surface area contributed by atoms with Gasteiger partial charge in [-0.15, -0.1) is 0 Å². The van der Waals surface area contributed by atoms with Gasteiger partial charge < -0.3 is 4.18 Å². The van der Waals surface area contributed by atoms with Crippen LogP contribution in [0.3, 0.4) is 0 Å². The standard InChI is InChI=1S/C10H10F4O3S/c1-2-5-18(15,16)17-7-3-4-9(11)8(6-7)10(12,13)14/h3-4,6H,2,5H2,1H3. The summed E-state index contributed by atoms with van der Waals surface area (Å²) >= 11 is 0. The minimum absolute atomic E-state index is 0.260. The van der Waals surface area contributed by atoms with Crippen LogP contribution in [-0.2, 0) is 16.3 Å². The van der Waals surface area contributed by atoms with Crippen LogP contribution in [0, 0.1) is 5.82 Å². The van der Waals surface area contributed by atoms with E-state index in [0.29, 0.717) is 12.1 Å². The molecule has 102 valence electrons. The highest BCUT2D eigenvalue weighted by Gasteiger charge is 2.34. The SMILES string of the molecule is CCCS(=O)(=O)Oc1ccc(F)c(C(F)(F)F)c1. The number of rotatable bonds is 4. The monoisotopic (exact) mass is 286 g/mol. The van der Waals surface area contributed by atoms with Gasteiger partial charge in [0.15, 0.2) is 0 Å². The molecule has 0 aromatic heterocycles. The van der Waals surface area contributed by atoms with E-state index in [9.17, 15) is 26.0 Å². The Labute approximate surface area is 102 Å². The second-order valence-electron chi connectivity index (χ2n) is 3.48. The molecule has 0 spiro atoms. The molecule has 0 radical (unpaired) electrons. The third kappa shape index (κ3) is 3.86. The van der Waals surface area contributed by atoms with Gasteiger partial charge in [-0.05, 0) is 24.6 Å². The van der Waals surface area contributed by atoms with E-state index in [1.807, 2.05) is 0 Å². The van der Waals surface area contributed by atoms with E-state index in [-0.39, 0.29) is 12.2 Å². The van der Waals surface area contributed by atoms with Crippen molar-refractivity contribution in [3.05, 3.63) is 29.6 Å². The summed E-state index contributed by atoms with van der Waals surface area (Å²) in [4.78, 5) is 0. The van der Waals surface area contributed by atoms with Crippen LogP contribution < -0.4 is 4.18 Å². The predicted molar refractivity (Wildman–Crippen MR) is 56.1 cm³/mol. The molecular formula is C10H10F4O3S. The van der Waals surface area contributed by atoms with Crippen LogP contribution in [0.15, 0.2) is 18.2 Å². The first-order chi connectivity index (χ1) is 8.15. The van der Waals surface area contributed by atoms with Crippen molar-refractivity contribution in [1.82, 2.24) is 0 Å². The largest absolute Gasteiger partial charge is 0.419 e. The molecule has 3 nitrogen and oxygen atoms in total. The Hall–Kier alpha value is -1.31. The normalized spacial score (nSPS) is 12.5. The lowest BCUT2D eigenvalue weighted by molar-refractivity contribution is -0.140. The van der Waals surface area contributed by atoms with Crippen molar-refractivity contribution in [2.45, 2.75) is 19.5 Å². The van der Waals surface area contributed by atoms with Gasteiger partial charge in [0, 0.05) is 0 Å². The smallest absolute Gasteiger partial charge is 0.382 e. The fraction of sp³-hybridized carbons (Fsp3) is 0.400. The Morgan fingerprint density at radius 2 is 1.89 bits per heavy atom. The van der Waals surface area contributed by atoms with Crippen molar-refractivity contribution in [3.8, 4) is 5.75 Å². The summed E-state index contributed by atoms with van der Waals surface area (Å²) in [5.41, 5.74) is -1.56. The Morgan fingerprint density at radius 1 is 1.28 bits per heavy atom. The lowest BCUT2D eigenvalue weighted by Gasteiger charge is -2.10. The minimum Gasteiger partial charge on any atom is -0.382 e. The third-order valence-corrected chi connectivity index (χ3v) is 3.28. The molecule has 1 rings (SSSR count). The summed E-state index contributed by atoms with van der Waals surface area (Å²) in [5, 5.41) is 0. The van der Waals surface area contributed by atoms with Crippen molar-refractivity contribution in [1.29, 1.82) is 0 Å². The van der Waals surface area contributed by atoms with Gasteiger partial charge in [-0.2, -0.15) is 21.6 Å². The fourth-order valence-electron chi connectivity index (χ4n) is 1.21. The summed E-state index contributed by atoms with van der Waals surface area (Å²) in [7, 11) is -3.95. The zero-order chi connectivity index (χ0) is 14.0. The average molecular weight is 286 g/mol. The molecule has 0 bridgehead atoms. The third-order valence-electron chi connectivity index (χ3n) is 1.92. The maximum atomic E-state index is 12.9. The van der Waals surface area contributed by atoms with Crippen LogP contribution in [-0.4, -0.2) is 14.2 Å². The van der Waals surface area contributed by atoms with Crippen LogP contribution in [0.4, 0.5) is 17.6 Å². The van der Waals surface area contributed by atoms with Gasteiger partial charge in [0.1, 0.15) is 11.6 Å². The maximum Gasteiger partial charge on any atom is 0.419 e. The van der Waals surface area contributed by atoms with Crippen LogP contribution in [0.1, 0.15) is 18.9 Å². The van der Waals surface area contributed by atoms with Crippen LogP contribution in [0.25, 0.3) is 0 Å². The summed E-state index contributed by atoms with van der Waals surface area (Å²) < 4.78 is 77.0. The van der Waals surface area contributed by atoms with Crippen molar-refractivity contribution >= 4 is 10.1 Å².